The fourth-order valence-electron chi connectivity index (χ4n) is 1.44. The number of hydrogen-bond donors (Lipinski definition) is 0. The lowest BCUT2D eigenvalue weighted by Crippen LogP contribution is -2.02. The molecular weight excluding hydrogens is 180 g/mol. The van der Waals surface area contributed by atoms with Crippen LogP contribution >= 0.6 is 0 Å². The first-order valence-corrected chi connectivity index (χ1v) is 4.23. The normalized spacial score (nSPS) is 10.4. The van der Waals surface area contributed by atoms with E-state index in [1.807, 2.05) is 25.4 Å². The molecule has 0 radical (unpaired) electrons. The van der Waals surface area contributed by atoms with Crippen LogP contribution in [0.25, 0.3) is 10.9 Å². The Bertz CT molecular complexity index is 488. The number of ether oxygens (including phenoxy) is 1. The molecule has 0 fully saturated rings. The zero-order chi connectivity index (χ0) is 10.1. The minimum absolute atomic E-state index is 0.353. The van der Waals surface area contributed by atoms with Crippen molar-refractivity contribution in [2.75, 3.05) is 7.11 Å². The molecule has 0 saturated heterocycles. The Balaban J connectivity index is 2.70. The molecule has 1 aromatic carbocycles. The zero-order valence-corrected chi connectivity index (χ0v) is 8.02. The van der Waals surface area contributed by atoms with Crippen LogP contribution in [0.15, 0.2) is 24.4 Å². The molecule has 0 amide bonds. The van der Waals surface area contributed by atoms with E-state index in [-0.39, 0.29) is 5.97 Å². The number of methoxy groups -OCH3 is 1. The number of rotatable bonds is 1. The molecule has 0 spiro atoms. The van der Waals surface area contributed by atoms with E-state index in [4.69, 9.17) is 0 Å². The maximum Gasteiger partial charge on any atom is 0.340 e. The molecule has 0 aliphatic rings. The van der Waals surface area contributed by atoms with Crippen molar-refractivity contribution in [1.29, 1.82) is 0 Å². The van der Waals surface area contributed by atoms with Crippen molar-refractivity contribution >= 4 is 16.9 Å². The van der Waals surface area contributed by atoms with E-state index < -0.39 is 0 Å². The summed E-state index contributed by atoms with van der Waals surface area (Å²) < 4.78 is 6.34. The third-order valence-corrected chi connectivity index (χ3v) is 2.06. The van der Waals surface area contributed by atoms with E-state index in [9.17, 15) is 4.79 Å². The predicted octanol–water partition coefficient (Wildman–Crippen LogP) is 1.36. The first-order valence-electron chi connectivity index (χ1n) is 4.23. The fourth-order valence-corrected chi connectivity index (χ4v) is 1.44. The van der Waals surface area contributed by atoms with Gasteiger partial charge in [0.15, 0.2) is 0 Å². The van der Waals surface area contributed by atoms with Crippen LogP contribution < -0.4 is 0 Å². The van der Waals surface area contributed by atoms with Crippen LogP contribution in [0.4, 0.5) is 0 Å². The average Bonchev–Trinajstić information content (AvgIpc) is 2.56. The lowest BCUT2D eigenvalue weighted by Gasteiger charge is -1.98. The van der Waals surface area contributed by atoms with Gasteiger partial charge in [-0.15, -0.1) is 0 Å². The Morgan fingerprint density at radius 3 is 3.00 bits per heavy atom. The lowest BCUT2D eigenvalue weighted by molar-refractivity contribution is 0.0603. The monoisotopic (exact) mass is 190 g/mol. The van der Waals surface area contributed by atoms with Crippen molar-refractivity contribution in [3.05, 3.63) is 30.0 Å². The molecule has 0 unspecified atom stereocenters. The number of aryl methyl sites for hydroxylation is 1. The summed E-state index contributed by atoms with van der Waals surface area (Å²) in [5.74, 6) is -0.353. The van der Waals surface area contributed by atoms with Crippen molar-refractivity contribution in [2.45, 2.75) is 0 Å². The Labute approximate surface area is 81.1 Å². The molecule has 1 aromatic heterocycles. The summed E-state index contributed by atoms with van der Waals surface area (Å²) in [6, 6.07) is 5.44. The predicted molar refractivity (Wildman–Crippen MR) is 52.1 cm³/mol. The molecule has 2 aromatic rings. The van der Waals surface area contributed by atoms with E-state index in [1.165, 1.54) is 7.11 Å². The van der Waals surface area contributed by atoms with E-state index in [0.717, 1.165) is 5.39 Å². The second kappa shape index (κ2) is 3.14. The van der Waals surface area contributed by atoms with Crippen LogP contribution in [-0.4, -0.2) is 22.9 Å². The molecule has 4 heteroatoms. The third kappa shape index (κ3) is 1.25. The topological polar surface area (TPSA) is 44.1 Å². The highest BCUT2D eigenvalue weighted by atomic mass is 16.5. The second-order valence-corrected chi connectivity index (χ2v) is 3.04. The summed E-state index contributed by atoms with van der Waals surface area (Å²) in [4.78, 5) is 11.4. The van der Waals surface area contributed by atoms with Crippen LogP contribution in [0.1, 0.15) is 10.4 Å². The average molecular weight is 190 g/mol. The van der Waals surface area contributed by atoms with Gasteiger partial charge in [0.1, 0.15) is 5.52 Å². The summed E-state index contributed by atoms with van der Waals surface area (Å²) in [5.41, 5.74) is 1.19. The Morgan fingerprint density at radius 2 is 2.29 bits per heavy atom. The summed E-state index contributed by atoms with van der Waals surface area (Å²) in [7, 11) is 3.19. The van der Waals surface area contributed by atoms with E-state index in [2.05, 4.69) is 9.84 Å². The summed E-state index contributed by atoms with van der Waals surface area (Å²) in [6.45, 7) is 0. The van der Waals surface area contributed by atoms with E-state index >= 15 is 0 Å². The van der Waals surface area contributed by atoms with Gasteiger partial charge in [-0.1, -0.05) is 12.1 Å². The smallest absolute Gasteiger partial charge is 0.340 e. The first kappa shape index (κ1) is 8.74. The van der Waals surface area contributed by atoms with Gasteiger partial charge in [0.05, 0.1) is 12.7 Å². The van der Waals surface area contributed by atoms with Gasteiger partial charge in [-0.05, 0) is 6.07 Å². The summed E-state index contributed by atoms with van der Waals surface area (Å²) >= 11 is 0. The van der Waals surface area contributed by atoms with Crippen molar-refractivity contribution in [1.82, 2.24) is 9.78 Å². The van der Waals surface area contributed by atoms with Gasteiger partial charge in [-0.3, -0.25) is 4.68 Å². The minimum atomic E-state index is -0.353. The van der Waals surface area contributed by atoms with Crippen molar-refractivity contribution in [2.24, 2.45) is 7.05 Å². The van der Waals surface area contributed by atoms with Gasteiger partial charge in [0.25, 0.3) is 0 Å². The molecule has 0 N–H and O–H groups in total. The molecule has 0 saturated carbocycles. The zero-order valence-electron chi connectivity index (χ0n) is 8.02. The Hall–Kier alpha value is -1.84. The van der Waals surface area contributed by atoms with Crippen LogP contribution in [0.3, 0.4) is 0 Å². The van der Waals surface area contributed by atoms with Crippen LogP contribution in [0, 0.1) is 0 Å². The van der Waals surface area contributed by atoms with Gasteiger partial charge in [0, 0.05) is 18.6 Å². The first-order chi connectivity index (χ1) is 6.72. The molecule has 0 atom stereocenters. The molecule has 14 heavy (non-hydrogen) atoms. The van der Waals surface area contributed by atoms with Gasteiger partial charge >= 0.3 is 5.97 Å². The molecule has 0 aliphatic heterocycles. The highest BCUT2D eigenvalue weighted by Gasteiger charge is 2.11. The maximum atomic E-state index is 11.4. The van der Waals surface area contributed by atoms with E-state index in [1.54, 1.807) is 10.7 Å². The number of nitrogens with zero attached hydrogens (tertiary/aromatic N) is 2. The number of benzene rings is 1. The van der Waals surface area contributed by atoms with Crippen LogP contribution in [0.2, 0.25) is 0 Å². The number of hydrogen-bond acceptors (Lipinski definition) is 3. The van der Waals surface area contributed by atoms with Gasteiger partial charge in [-0.2, -0.15) is 5.10 Å². The number of fused-ring (bicyclic) bond motifs is 1. The number of aromatic nitrogens is 2. The molecule has 0 bridgehead atoms. The van der Waals surface area contributed by atoms with Gasteiger partial charge in [-0.25, -0.2) is 4.79 Å². The Kier molecular flexibility index (Phi) is 1.96. The Morgan fingerprint density at radius 1 is 1.50 bits per heavy atom. The molecular formula is C10H10N2O2. The number of carbonyl (C=O) groups excluding carboxylic acids is 1. The van der Waals surface area contributed by atoms with Gasteiger partial charge in [0.2, 0.25) is 0 Å². The van der Waals surface area contributed by atoms with Crippen LogP contribution in [-0.2, 0) is 11.8 Å². The quantitative estimate of drug-likeness (QED) is 0.638. The highest BCUT2D eigenvalue weighted by Crippen LogP contribution is 2.17. The number of esters is 1. The maximum absolute atomic E-state index is 11.4. The third-order valence-electron chi connectivity index (χ3n) is 2.06. The molecule has 4 nitrogen and oxygen atoms in total. The second-order valence-electron chi connectivity index (χ2n) is 3.04. The summed E-state index contributed by atoms with van der Waals surface area (Å²) in [5, 5.41) is 5.14. The largest absolute Gasteiger partial charge is 0.465 e. The lowest BCUT2D eigenvalue weighted by atomic mass is 10.1. The summed E-state index contributed by atoms with van der Waals surface area (Å²) in [6.07, 6.45) is 1.86. The molecule has 1 heterocycles. The molecule has 72 valence electrons. The molecule has 2 rings (SSSR count). The van der Waals surface area contributed by atoms with Crippen molar-refractivity contribution in [3.63, 3.8) is 0 Å². The van der Waals surface area contributed by atoms with Crippen molar-refractivity contribution in [3.8, 4) is 0 Å². The number of carbonyl (C=O) groups is 1. The van der Waals surface area contributed by atoms with Crippen molar-refractivity contribution < 1.29 is 9.53 Å². The van der Waals surface area contributed by atoms with Gasteiger partial charge < -0.3 is 4.74 Å². The standard InChI is InChI=1S/C10H10N2O2/c1-12-6-7-4-3-5-8(9(7)11-12)10(13)14-2/h3-6H,1-2H3. The van der Waals surface area contributed by atoms with Crippen LogP contribution in [0.5, 0.6) is 0 Å². The fraction of sp³-hybridized carbons (Fsp3) is 0.200. The highest BCUT2D eigenvalue weighted by molar-refractivity contribution is 6.02. The SMILES string of the molecule is COC(=O)c1cccc2cn(C)nc12. The minimum Gasteiger partial charge on any atom is -0.465 e. The van der Waals surface area contributed by atoms with E-state index in [0.29, 0.717) is 11.1 Å². The molecule has 0 aliphatic carbocycles.